The minimum absolute atomic E-state index is 0.0473. The SMILES string of the molecule is CC(=O)c1ccc(NC(=O)c2cccc(C(=O)NCc3cccc(C)c3)n2)cc1. The first-order chi connectivity index (χ1) is 13.9. The van der Waals surface area contributed by atoms with E-state index in [-0.39, 0.29) is 23.1 Å². The first-order valence-corrected chi connectivity index (χ1v) is 9.15. The van der Waals surface area contributed by atoms with Gasteiger partial charge in [0.2, 0.25) is 0 Å². The Hall–Kier alpha value is -3.80. The van der Waals surface area contributed by atoms with E-state index in [1.807, 2.05) is 31.2 Å². The standard InChI is InChI=1S/C23H21N3O3/c1-15-5-3-6-17(13-15)14-24-22(28)20-7-4-8-21(26-20)23(29)25-19-11-9-18(10-12-19)16(2)27/h3-13H,14H2,1-2H3,(H,24,28)(H,25,29). The van der Waals surface area contributed by atoms with E-state index >= 15 is 0 Å². The molecular formula is C23H21N3O3. The number of benzene rings is 2. The largest absolute Gasteiger partial charge is 0.347 e. The third-order valence-electron chi connectivity index (χ3n) is 4.30. The van der Waals surface area contributed by atoms with Gasteiger partial charge in [-0.05, 0) is 55.8 Å². The van der Waals surface area contributed by atoms with Gasteiger partial charge >= 0.3 is 0 Å². The molecule has 2 amide bonds. The van der Waals surface area contributed by atoms with Crippen LogP contribution in [0.1, 0.15) is 49.4 Å². The van der Waals surface area contributed by atoms with Crippen molar-refractivity contribution in [2.75, 3.05) is 5.32 Å². The zero-order valence-electron chi connectivity index (χ0n) is 16.2. The van der Waals surface area contributed by atoms with E-state index in [0.29, 0.717) is 17.8 Å². The van der Waals surface area contributed by atoms with Crippen molar-refractivity contribution in [2.24, 2.45) is 0 Å². The molecule has 6 nitrogen and oxygen atoms in total. The Labute approximate surface area is 169 Å². The summed E-state index contributed by atoms with van der Waals surface area (Å²) >= 11 is 0. The maximum atomic E-state index is 12.5. The number of anilines is 1. The van der Waals surface area contributed by atoms with E-state index in [0.717, 1.165) is 11.1 Å². The van der Waals surface area contributed by atoms with Crippen LogP contribution in [0.2, 0.25) is 0 Å². The van der Waals surface area contributed by atoms with E-state index in [9.17, 15) is 14.4 Å². The third kappa shape index (κ3) is 5.35. The third-order valence-corrected chi connectivity index (χ3v) is 4.30. The molecule has 29 heavy (non-hydrogen) atoms. The number of hydrogen-bond acceptors (Lipinski definition) is 4. The summed E-state index contributed by atoms with van der Waals surface area (Å²) in [5, 5.41) is 5.52. The van der Waals surface area contributed by atoms with Crippen molar-refractivity contribution in [3.63, 3.8) is 0 Å². The van der Waals surface area contributed by atoms with Gasteiger partial charge in [-0.1, -0.05) is 35.9 Å². The number of nitrogens with zero attached hydrogens (tertiary/aromatic N) is 1. The lowest BCUT2D eigenvalue weighted by Gasteiger charge is -2.08. The number of amides is 2. The molecule has 3 rings (SSSR count). The average Bonchev–Trinajstić information content (AvgIpc) is 2.72. The summed E-state index contributed by atoms with van der Waals surface area (Å²) in [6, 6.07) is 19.1. The van der Waals surface area contributed by atoms with Crippen molar-refractivity contribution in [3.8, 4) is 0 Å². The average molecular weight is 387 g/mol. The zero-order chi connectivity index (χ0) is 20.8. The van der Waals surface area contributed by atoms with Gasteiger partial charge in [-0.15, -0.1) is 0 Å². The number of carbonyl (C=O) groups is 3. The molecule has 0 unspecified atom stereocenters. The van der Waals surface area contributed by atoms with Gasteiger partial charge in [0.25, 0.3) is 11.8 Å². The van der Waals surface area contributed by atoms with E-state index < -0.39 is 5.91 Å². The minimum Gasteiger partial charge on any atom is -0.347 e. The van der Waals surface area contributed by atoms with Crippen molar-refractivity contribution >= 4 is 23.3 Å². The van der Waals surface area contributed by atoms with Gasteiger partial charge in [0.05, 0.1) is 0 Å². The number of ketones is 1. The predicted molar refractivity (Wildman–Crippen MR) is 111 cm³/mol. The van der Waals surface area contributed by atoms with Crippen molar-refractivity contribution < 1.29 is 14.4 Å². The second-order valence-electron chi connectivity index (χ2n) is 6.67. The molecule has 0 atom stereocenters. The highest BCUT2D eigenvalue weighted by Crippen LogP contribution is 2.12. The van der Waals surface area contributed by atoms with Crippen LogP contribution in [0.3, 0.4) is 0 Å². The molecular weight excluding hydrogens is 366 g/mol. The summed E-state index contributed by atoms with van der Waals surface area (Å²) < 4.78 is 0. The van der Waals surface area contributed by atoms with Crippen molar-refractivity contribution in [1.82, 2.24) is 10.3 Å². The van der Waals surface area contributed by atoms with Crippen molar-refractivity contribution in [3.05, 3.63) is 94.8 Å². The van der Waals surface area contributed by atoms with Gasteiger partial charge in [0.15, 0.2) is 5.78 Å². The number of rotatable bonds is 6. The first-order valence-electron chi connectivity index (χ1n) is 9.15. The predicted octanol–water partition coefficient (Wildman–Crippen LogP) is 3.77. The molecule has 0 bridgehead atoms. The Morgan fingerprint density at radius 1 is 0.862 bits per heavy atom. The molecule has 6 heteroatoms. The van der Waals surface area contributed by atoms with Crippen molar-refractivity contribution in [2.45, 2.75) is 20.4 Å². The highest BCUT2D eigenvalue weighted by molar-refractivity contribution is 6.04. The number of pyridine rings is 1. The highest BCUT2D eigenvalue weighted by Gasteiger charge is 2.13. The molecule has 1 aromatic heterocycles. The summed E-state index contributed by atoms with van der Waals surface area (Å²) in [7, 11) is 0. The summed E-state index contributed by atoms with van der Waals surface area (Å²) in [5.74, 6) is -0.838. The smallest absolute Gasteiger partial charge is 0.274 e. The molecule has 0 spiro atoms. The molecule has 0 saturated carbocycles. The Bertz CT molecular complexity index is 1060. The molecule has 0 fully saturated rings. The minimum atomic E-state index is -0.436. The normalized spacial score (nSPS) is 10.3. The lowest BCUT2D eigenvalue weighted by atomic mass is 10.1. The molecule has 3 aromatic rings. The maximum absolute atomic E-state index is 12.5. The van der Waals surface area contributed by atoms with Crippen LogP contribution in [0, 0.1) is 6.92 Å². The summed E-state index contributed by atoms with van der Waals surface area (Å²) in [4.78, 5) is 40.3. The fraction of sp³-hybridized carbons (Fsp3) is 0.130. The monoisotopic (exact) mass is 387 g/mol. The van der Waals surface area contributed by atoms with Crippen molar-refractivity contribution in [1.29, 1.82) is 0 Å². The van der Waals surface area contributed by atoms with Gasteiger partial charge in [0.1, 0.15) is 11.4 Å². The number of Topliss-reactive ketones (excluding diaryl/α,β-unsaturated/α-hetero) is 1. The maximum Gasteiger partial charge on any atom is 0.274 e. The van der Waals surface area contributed by atoms with Crippen LogP contribution < -0.4 is 10.6 Å². The molecule has 0 aliphatic rings. The van der Waals surface area contributed by atoms with Crippen LogP contribution >= 0.6 is 0 Å². The van der Waals surface area contributed by atoms with Gasteiger partial charge < -0.3 is 10.6 Å². The van der Waals surface area contributed by atoms with Crippen LogP contribution in [-0.2, 0) is 6.54 Å². The lowest BCUT2D eigenvalue weighted by molar-refractivity contribution is 0.0944. The molecule has 0 aliphatic heterocycles. The van der Waals surface area contributed by atoms with Gasteiger partial charge in [0, 0.05) is 17.8 Å². The lowest BCUT2D eigenvalue weighted by Crippen LogP contribution is -2.25. The zero-order valence-corrected chi connectivity index (χ0v) is 16.2. The van der Waals surface area contributed by atoms with Gasteiger partial charge in [-0.3, -0.25) is 14.4 Å². The number of aromatic nitrogens is 1. The Kier molecular flexibility index (Phi) is 6.14. The number of nitrogens with one attached hydrogen (secondary N) is 2. The highest BCUT2D eigenvalue weighted by atomic mass is 16.2. The van der Waals surface area contributed by atoms with E-state index in [4.69, 9.17) is 0 Å². The molecule has 2 aromatic carbocycles. The molecule has 0 saturated heterocycles. The Morgan fingerprint density at radius 2 is 1.52 bits per heavy atom. The Balaban J connectivity index is 1.65. The topological polar surface area (TPSA) is 88.2 Å². The fourth-order valence-corrected chi connectivity index (χ4v) is 2.77. The second-order valence-corrected chi connectivity index (χ2v) is 6.67. The van der Waals surface area contributed by atoms with Crippen LogP contribution in [0.5, 0.6) is 0 Å². The van der Waals surface area contributed by atoms with Crippen LogP contribution in [0.4, 0.5) is 5.69 Å². The van der Waals surface area contributed by atoms with Crippen LogP contribution in [0.15, 0.2) is 66.7 Å². The number of aryl methyl sites for hydroxylation is 1. The second kappa shape index (κ2) is 8.93. The summed E-state index contributed by atoms with van der Waals surface area (Å²) in [6.45, 7) is 3.84. The summed E-state index contributed by atoms with van der Waals surface area (Å²) in [5.41, 5.74) is 3.50. The molecule has 0 aliphatic carbocycles. The van der Waals surface area contributed by atoms with Gasteiger partial charge in [-0.25, -0.2) is 4.98 Å². The fourth-order valence-electron chi connectivity index (χ4n) is 2.77. The molecule has 0 radical (unpaired) electrons. The number of carbonyl (C=O) groups excluding carboxylic acids is 3. The molecule has 1 heterocycles. The first kappa shape index (κ1) is 19.9. The van der Waals surface area contributed by atoms with Crippen LogP contribution in [-0.4, -0.2) is 22.6 Å². The van der Waals surface area contributed by atoms with E-state index in [1.54, 1.807) is 36.4 Å². The quantitative estimate of drug-likeness (QED) is 0.630. The van der Waals surface area contributed by atoms with Gasteiger partial charge in [-0.2, -0.15) is 0 Å². The summed E-state index contributed by atoms with van der Waals surface area (Å²) in [6.07, 6.45) is 0. The molecule has 146 valence electrons. The van der Waals surface area contributed by atoms with E-state index in [1.165, 1.54) is 13.0 Å². The van der Waals surface area contributed by atoms with Crippen LogP contribution in [0.25, 0.3) is 0 Å². The Morgan fingerprint density at radius 3 is 2.17 bits per heavy atom. The van der Waals surface area contributed by atoms with E-state index in [2.05, 4.69) is 15.6 Å². The molecule has 2 N–H and O–H groups in total. The number of hydrogen-bond donors (Lipinski definition) is 2.